The normalized spacial score (nSPS) is 17.0. The second-order valence-electron chi connectivity index (χ2n) is 7.06. The first kappa shape index (κ1) is 17.8. The summed E-state index contributed by atoms with van der Waals surface area (Å²) in [5.41, 5.74) is 4.22. The predicted molar refractivity (Wildman–Crippen MR) is 122 cm³/mol. The monoisotopic (exact) mass is 397 g/mol. The van der Waals surface area contributed by atoms with E-state index < -0.39 is 0 Å². The molecule has 0 unspecified atom stereocenters. The van der Waals surface area contributed by atoms with Crippen LogP contribution in [0, 0.1) is 6.92 Å². The van der Waals surface area contributed by atoms with Crippen LogP contribution in [0.4, 0.5) is 5.69 Å². The van der Waals surface area contributed by atoms with Gasteiger partial charge in [-0.05, 0) is 42.3 Å². The number of aryl methyl sites for hydroxylation is 1. The van der Waals surface area contributed by atoms with Crippen molar-refractivity contribution in [1.29, 1.82) is 0 Å². The number of hydrogen-bond acceptors (Lipinski definition) is 3. The Morgan fingerprint density at radius 3 is 2.55 bits per heavy atom. The Morgan fingerprint density at radius 2 is 1.69 bits per heavy atom. The van der Waals surface area contributed by atoms with Crippen LogP contribution >= 0.6 is 11.8 Å². The molecule has 0 bridgehead atoms. The number of aliphatic imine (C=N–C) groups is 1. The molecule has 1 fully saturated rings. The van der Waals surface area contributed by atoms with Crippen molar-refractivity contribution in [3.05, 3.63) is 82.9 Å². The lowest BCUT2D eigenvalue weighted by atomic mass is 10.1. The van der Waals surface area contributed by atoms with E-state index in [9.17, 15) is 4.79 Å². The Hall–Kier alpha value is -3.31. The van der Waals surface area contributed by atoms with Gasteiger partial charge in [-0.3, -0.25) is 4.79 Å². The summed E-state index contributed by atoms with van der Waals surface area (Å²) in [6.07, 6.45) is 1.98. The third-order valence-electron chi connectivity index (χ3n) is 5.36. The number of fused-ring (bicyclic) bond motifs is 2. The van der Waals surface area contributed by atoms with Crippen molar-refractivity contribution in [2.45, 2.75) is 6.92 Å². The molecule has 1 aliphatic heterocycles. The van der Waals surface area contributed by atoms with Gasteiger partial charge in [-0.1, -0.05) is 54.6 Å². The van der Waals surface area contributed by atoms with Gasteiger partial charge < -0.3 is 9.88 Å². The summed E-state index contributed by atoms with van der Waals surface area (Å²) in [5.74, 6) is -0.110. The molecule has 1 amide bonds. The highest BCUT2D eigenvalue weighted by molar-refractivity contribution is 8.18. The molecule has 29 heavy (non-hydrogen) atoms. The summed E-state index contributed by atoms with van der Waals surface area (Å²) in [7, 11) is 2.05. The standard InChI is InChI=1S/C24H19N3OS/c1-15-19(18-11-5-6-13-21(18)27(15)2)14-22-23(28)26-24(29-22)25-20-12-7-9-16-8-3-4-10-17(16)20/h3-14H,1-2H3,(H,25,26,28)/b22-14-. The van der Waals surface area contributed by atoms with E-state index in [0.29, 0.717) is 10.1 Å². The Morgan fingerprint density at radius 1 is 0.966 bits per heavy atom. The maximum Gasteiger partial charge on any atom is 0.264 e. The average Bonchev–Trinajstić information content (AvgIpc) is 3.21. The van der Waals surface area contributed by atoms with Crippen molar-refractivity contribution >= 4 is 56.3 Å². The van der Waals surface area contributed by atoms with Crippen LogP contribution in [0.3, 0.4) is 0 Å². The molecule has 0 spiro atoms. The number of nitrogens with one attached hydrogen (secondary N) is 1. The molecule has 4 nitrogen and oxygen atoms in total. The maximum absolute atomic E-state index is 12.6. The van der Waals surface area contributed by atoms with Gasteiger partial charge >= 0.3 is 0 Å². The summed E-state index contributed by atoms with van der Waals surface area (Å²) in [5, 5.41) is 6.86. The van der Waals surface area contributed by atoms with Gasteiger partial charge in [0.05, 0.1) is 10.6 Å². The summed E-state index contributed by atoms with van der Waals surface area (Å²) in [6, 6.07) is 22.4. The average molecular weight is 398 g/mol. The van der Waals surface area contributed by atoms with Gasteiger partial charge in [0, 0.05) is 34.6 Å². The number of amidine groups is 1. The fourth-order valence-corrected chi connectivity index (χ4v) is 4.58. The molecule has 142 valence electrons. The molecule has 1 N–H and O–H groups in total. The summed E-state index contributed by atoms with van der Waals surface area (Å²) >= 11 is 1.38. The second kappa shape index (κ2) is 6.94. The van der Waals surface area contributed by atoms with E-state index in [4.69, 9.17) is 4.99 Å². The van der Waals surface area contributed by atoms with Crippen LogP contribution < -0.4 is 5.32 Å². The number of nitrogens with zero attached hydrogens (tertiary/aromatic N) is 2. The second-order valence-corrected chi connectivity index (χ2v) is 8.09. The molecule has 5 heteroatoms. The molecule has 1 aromatic heterocycles. The lowest BCUT2D eigenvalue weighted by Crippen LogP contribution is -2.19. The van der Waals surface area contributed by atoms with Crippen LogP contribution in [-0.2, 0) is 11.8 Å². The number of hydrogen-bond donors (Lipinski definition) is 1. The van der Waals surface area contributed by atoms with Crippen molar-refractivity contribution in [3.8, 4) is 0 Å². The van der Waals surface area contributed by atoms with Crippen molar-refractivity contribution < 1.29 is 4.79 Å². The largest absolute Gasteiger partial charge is 0.347 e. The number of aromatic nitrogens is 1. The predicted octanol–water partition coefficient (Wildman–Crippen LogP) is 5.53. The van der Waals surface area contributed by atoms with Crippen molar-refractivity contribution in [2.24, 2.45) is 12.0 Å². The Balaban J connectivity index is 1.54. The molecule has 0 saturated carbocycles. The van der Waals surface area contributed by atoms with Crippen molar-refractivity contribution in [1.82, 2.24) is 9.88 Å². The highest BCUT2D eigenvalue weighted by Gasteiger charge is 2.25. The topological polar surface area (TPSA) is 46.4 Å². The van der Waals surface area contributed by atoms with Gasteiger partial charge in [-0.2, -0.15) is 0 Å². The molecule has 3 aromatic carbocycles. The minimum absolute atomic E-state index is 0.110. The molecule has 2 heterocycles. The van der Waals surface area contributed by atoms with Crippen LogP contribution in [0.1, 0.15) is 11.3 Å². The van der Waals surface area contributed by atoms with Crippen LogP contribution in [-0.4, -0.2) is 15.6 Å². The van der Waals surface area contributed by atoms with Gasteiger partial charge in [0.25, 0.3) is 5.91 Å². The number of thioether (sulfide) groups is 1. The summed E-state index contributed by atoms with van der Waals surface area (Å²) < 4.78 is 2.16. The summed E-state index contributed by atoms with van der Waals surface area (Å²) in [6.45, 7) is 2.08. The Bertz CT molecular complexity index is 1340. The number of para-hydroxylation sites is 1. The van der Waals surface area contributed by atoms with Gasteiger partial charge in [0.15, 0.2) is 5.17 Å². The Kier molecular flexibility index (Phi) is 4.25. The quantitative estimate of drug-likeness (QED) is 0.452. The van der Waals surface area contributed by atoms with E-state index in [0.717, 1.165) is 38.6 Å². The van der Waals surface area contributed by atoms with Crippen LogP contribution in [0.5, 0.6) is 0 Å². The molecule has 0 atom stereocenters. The molecular weight excluding hydrogens is 378 g/mol. The van der Waals surface area contributed by atoms with E-state index in [-0.39, 0.29) is 5.91 Å². The fourth-order valence-electron chi connectivity index (χ4n) is 3.76. The third kappa shape index (κ3) is 3.04. The first-order chi connectivity index (χ1) is 14.1. The maximum atomic E-state index is 12.6. The molecular formula is C24H19N3OS. The van der Waals surface area contributed by atoms with Crippen LogP contribution in [0.15, 0.2) is 76.6 Å². The van der Waals surface area contributed by atoms with Gasteiger partial charge in [-0.15, -0.1) is 0 Å². The fraction of sp³-hybridized carbons (Fsp3) is 0.0833. The molecule has 1 saturated heterocycles. The molecule has 5 rings (SSSR count). The highest BCUT2D eigenvalue weighted by atomic mass is 32.2. The number of carbonyl (C=O) groups excluding carboxylic acids is 1. The van der Waals surface area contributed by atoms with Crippen LogP contribution in [0.2, 0.25) is 0 Å². The smallest absolute Gasteiger partial charge is 0.264 e. The lowest BCUT2D eigenvalue weighted by Gasteiger charge is -2.02. The minimum atomic E-state index is -0.110. The zero-order chi connectivity index (χ0) is 20.0. The van der Waals surface area contributed by atoms with E-state index >= 15 is 0 Å². The molecule has 0 radical (unpaired) electrons. The van der Waals surface area contributed by atoms with E-state index in [1.165, 1.54) is 11.8 Å². The SMILES string of the molecule is Cc1c(/C=C2\SC(=Nc3cccc4ccccc34)NC2=O)c2ccccc2n1C. The number of benzene rings is 3. The van der Waals surface area contributed by atoms with E-state index in [2.05, 4.69) is 48.1 Å². The van der Waals surface area contributed by atoms with Gasteiger partial charge in [0.1, 0.15) is 0 Å². The Labute approximate surface area is 172 Å². The number of carbonyl (C=O) groups is 1. The number of rotatable bonds is 2. The summed E-state index contributed by atoms with van der Waals surface area (Å²) in [4.78, 5) is 18.0. The molecule has 0 aliphatic carbocycles. The number of amides is 1. The first-order valence-corrected chi connectivity index (χ1v) is 10.2. The highest BCUT2D eigenvalue weighted by Crippen LogP contribution is 2.34. The van der Waals surface area contributed by atoms with Gasteiger partial charge in [-0.25, -0.2) is 4.99 Å². The molecule has 4 aromatic rings. The minimum Gasteiger partial charge on any atom is -0.347 e. The first-order valence-electron chi connectivity index (χ1n) is 9.43. The molecule has 1 aliphatic rings. The van der Waals surface area contributed by atoms with E-state index in [1.807, 2.05) is 48.5 Å². The lowest BCUT2D eigenvalue weighted by molar-refractivity contribution is -0.115. The van der Waals surface area contributed by atoms with E-state index in [1.54, 1.807) is 0 Å². The van der Waals surface area contributed by atoms with Crippen molar-refractivity contribution in [2.75, 3.05) is 0 Å². The van der Waals surface area contributed by atoms with Gasteiger partial charge in [0.2, 0.25) is 0 Å². The zero-order valence-corrected chi connectivity index (χ0v) is 17.0. The van der Waals surface area contributed by atoms with Crippen molar-refractivity contribution in [3.63, 3.8) is 0 Å². The van der Waals surface area contributed by atoms with Crippen LogP contribution in [0.25, 0.3) is 27.8 Å². The third-order valence-corrected chi connectivity index (χ3v) is 6.27. The zero-order valence-electron chi connectivity index (χ0n) is 16.1.